The Morgan fingerprint density at radius 2 is 1.61 bits per heavy atom. The van der Waals surface area contributed by atoms with Gasteiger partial charge < -0.3 is 10.8 Å². The molecule has 3 aromatic rings. The van der Waals surface area contributed by atoms with Gasteiger partial charge in [0.15, 0.2) is 5.78 Å². The lowest BCUT2D eigenvalue weighted by molar-refractivity contribution is -0.387. The van der Waals surface area contributed by atoms with Crippen molar-refractivity contribution in [2.75, 3.05) is 5.73 Å². The van der Waals surface area contributed by atoms with Gasteiger partial charge >= 0.3 is 5.97 Å². The molecular weight excluding hydrogens is 380 g/mol. The van der Waals surface area contributed by atoms with Crippen LogP contribution in [0.3, 0.4) is 0 Å². The molecule has 28 heavy (non-hydrogen) atoms. The third-order valence-corrected chi connectivity index (χ3v) is 5.00. The zero-order valence-corrected chi connectivity index (χ0v) is 15.2. The third-order valence-electron chi connectivity index (χ3n) is 3.93. The summed E-state index contributed by atoms with van der Waals surface area (Å²) in [6, 6.07) is 16.7. The molecule has 0 aromatic heterocycles. The first-order valence-corrected chi connectivity index (χ1v) is 8.87. The van der Waals surface area contributed by atoms with Crippen LogP contribution in [0.25, 0.3) is 0 Å². The summed E-state index contributed by atoms with van der Waals surface area (Å²) in [5, 5.41) is 20.8. The van der Waals surface area contributed by atoms with E-state index in [4.69, 9.17) is 5.73 Å². The minimum Gasteiger partial charge on any atom is -0.478 e. The number of nitrogens with two attached hydrogens (primary N) is 1. The van der Waals surface area contributed by atoms with E-state index < -0.39 is 16.7 Å². The van der Waals surface area contributed by atoms with Crippen LogP contribution in [0.15, 0.2) is 76.5 Å². The van der Waals surface area contributed by atoms with Crippen LogP contribution in [0, 0.1) is 10.1 Å². The SMILES string of the molecule is Nc1ccc(Sc2ccc(C(=O)c3ccccc3C(=O)O)cc2[N+](=O)[O-])cc1. The molecule has 140 valence electrons. The number of nitro groups is 1. The van der Waals surface area contributed by atoms with Gasteiger partial charge in [0.2, 0.25) is 0 Å². The molecule has 0 saturated heterocycles. The quantitative estimate of drug-likeness (QED) is 0.277. The van der Waals surface area contributed by atoms with E-state index in [1.54, 1.807) is 30.3 Å². The summed E-state index contributed by atoms with van der Waals surface area (Å²) in [6.07, 6.45) is 0. The number of anilines is 1. The van der Waals surface area contributed by atoms with Crippen LogP contribution in [0.1, 0.15) is 26.3 Å². The van der Waals surface area contributed by atoms with E-state index >= 15 is 0 Å². The van der Waals surface area contributed by atoms with E-state index in [0.29, 0.717) is 10.6 Å². The van der Waals surface area contributed by atoms with Crippen molar-refractivity contribution in [1.82, 2.24) is 0 Å². The summed E-state index contributed by atoms with van der Waals surface area (Å²) in [5.74, 6) is -1.83. The number of carboxylic acids is 1. The minimum absolute atomic E-state index is 0.0248. The molecular formula is C20H14N2O5S. The smallest absolute Gasteiger partial charge is 0.336 e. The first-order chi connectivity index (χ1) is 13.4. The maximum atomic E-state index is 12.7. The molecule has 0 radical (unpaired) electrons. The summed E-state index contributed by atoms with van der Waals surface area (Å²) < 4.78 is 0. The fourth-order valence-electron chi connectivity index (χ4n) is 2.57. The highest BCUT2D eigenvalue weighted by Crippen LogP contribution is 2.36. The Bertz CT molecular complexity index is 1080. The van der Waals surface area contributed by atoms with Crippen LogP contribution in [0.5, 0.6) is 0 Å². The van der Waals surface area contributed by atoms with E-state index in [1.165, 1.54) is 48.2 Å². The van der Waals surface area contributed by atoms with Gasteiger partial charge in [-0.25, -0.2) is 4.79 Å². The molecule has 0 aliphatic carbocycles. The third kappa shape index (κ3) is 4.02. The average molecular weight is 394 g/mol. The first-order valence-electron chi connectivity index (χ1n) is 8.05. The lowest BCUT2D eigenvalue weighted by Gasteiger charge is -2.08. The second-order valence-corrected chi connectivity index (χ2v) is 6.91. The summed E-state index contributed by atoms with van der Waals surface area (Å²) in [4.78, 5) is 36.2. The number of carbonyl (C=O) groups is 2. The van der Waals surface area contributed by atoms with Crippen LogP contribution in [0.2, 0.25) is 0 Å². The van der Waals surface area contributed by atoms with Gasteiger partial charge in [-0.05, 0) is 42.5 Å². The molecule has 0 heterocycles. The van der Waals surface area contributed by atoms with Gasteiger partial charge in [-0.15, -0.1) is 0 Å². The number of benzene rings is 3. The zero-order valence-electron chi connectivity index (χ0n) is 14.4. The molecule has 0 aliphatic heterocycles. The number of hydrogen-bond donors (Lipinski definition) is 2. The molecule has 0 aliphatic rings. The van der Waals surface area contributed by atoms with Crippen molar-refractivity contribution in [1.29, 1.82) is 0 Å². The lowest BCUT2D eigenvalue weighted by Crippen LogP contribution is -2.10. The summed E-state index contributed by atoms with van der Waals surface area (Å²) >= 11 is 1.17. The second-order valence-electron chi connectivity index (χ2n) is 5.79. The number of rotatable bonds is 6. The number of carboxylic acid groups (broad SMARTS) is 1. The van der Waals surface area contributed by atoms with Crippen LogP contribution in [-0.4, -0.2) is 21.8 Å². The molecule has 0 atom stereocenters. The number of nitrogen functional groups attached to an aromatic ring is 1. The number of carbonyl (C=O) groups excluding carboxylic acids is 1. The maximum Gasteiger partial charge on any atom is 0.336 e. The fourth-order valence-corrected chi connectivity index (χ4v) is 3.47. The fraction of sp³-hybridized carbons (Fsp3) is 0. The summed E-state index contributed by atoms with van der Waals surface area (Å²) in [6.45, 7) is 0. The highest BCUT2D eigenvalue weighted by Gasteiger charge is 2.22. The van der Waals surface area contributed by atoms with Crippen molar-refractivity contribution in [3.8, 4) is 0 Å². The highest BCUT2D eigenvalue weighted by atomic mass is 32.2. The molecule has 3 aromatic carbocycles. The Hall–Kier alpha value is -3.65. The van der Waals surface area contributed by atoms with Gasteiger partial charge in [-0.1, -0.05) is 30.0 Å². The molecule has 8 heteroatoms. The number of aromatic carboxylic acids is 1. The second kappa shape index (κ2) is 7.93. The Balaban J connectivity index is 1.99. The predicted octanol–water partition coefficient (Wildman–Crippen LogP) is 4.26. The van der Waals surface area contributed by atoms with Crippen molar-refractivity contribution in [2.45, 2.75) is 9.79 Å². The highest BCUT2D eigenvalue weighted by molar-refractivity contribution is 7.99. The van der Waals surface area contributed by atoms with E-state index in [0.717, 1.165) is 4.90 Å². The molecule has 7 nitrogen and oxygen atoms in total. The van der Waals surface area contributed by atoms with Crippen molar-refractivity contribution < 1.29 is 19.6 Å². The monoisotopic (exact) mass is 394 g/mol. The van der Waals surface area contributed by atoms with Gasteiger partial charge in [0.1, 0.15) is 0 Å². The molecule has 0 amide bonds. The van der Waals surface area contributed by atoms with Gasteiger partial charge in [0.05, 0.1) is 15.4 Å². The van der Waals surface area contributed by atoms with Crippen molar-refractivity contribution in [2.24, 2.45) is 0 Å². The van der Waals surface area contributed by atoms with Crippen molar-refractivity contribution >= 4 is 34.9 Å². The van der Waals surface area contributed by atoms with Gasteiger partial charge in [-0.2, -0.15) is 0 Å². The van der Waals surface area contributed by atoms with Gasteiger partial charge in [0.25, 0.3) is 5.69 Å². The number of nitro benzene ring substituents is 1. The topological polar surface area (TPSA) is 124 Å². The van der Waals surface area contributed by atoms with E-state index in [-0.39, 0.29) is 22.4 Å². The molecule has 0 saturated carbocycles. The lowest BCUT2D eigenvalue weighted by atomic mass is 9.98. The number of hydrogen-bond acceptors (Lipinski definition) is 6. The van der Waals surface area contributed by atoms with E-state index in [9.17, 15) is 24.8 Å². The van der Waals surface area contributed by atoms with E-state index in [2.05, 4.69) is 0 Å². The summed E-state index contributed by atoms with van der Waals surface area (Å²) in [7, 11) is 0. The zero-order chi connectivity index (χ0) is 20.3. The normalized spacial score (nSPS) is 10.4. The summed E-state index contributed by atoms with van der Waals surface area (Å²) in [5.41, 5.74) is 5.85. The molecule has 3 rings (SSSR count). The first kappa shape index (κ1) is 19.1. The van der Waals surface area contributed by atoms with Crippen LogP contribution < -0.4 is 5.73 Å². The Kier molecular flexibility index (Phi) is 5.42. The Morgan fingerprint density at radius 1 is 0.964 bits per heavy atom. The molecule has 0 bridgehead atoms. The molecule has 3 N–H and O–H groups in total. The van der Waals surface area contributed by atoms with Crippen molar-refractivity contribution in [3.63, 3.8) is 0 Å². The van der Waals surface area contributed by atoms with Gasteiger partial charge in [0, 0.05) is 27.8 Å². The average Bonchev–Trinajstić information content (AvgIpc) is 2.69. The van der Waals surface area contributed by atoms with Crippen LogP contribution in [-0.2, 0) is 0 Å². The Labute approximate surface area is 164 Å². The minimum atomic E-state index is -1.24. The Morgan fingerprint density at radius 3 is 2.21 bits per heavy atom. The van der Waals surface area contributed by atoms with Crippen LogP contribution in [0.4, 0.5) is 11.4 Å². The van der Waals surface area contributed by atoms with Crippen LogP contribution >= 0.6 is 11.8 Å². The number of ketones is 1. The largest absolute Gasteiger partial charge is 0.478 e. The standard InChI is InChI=1S/C20H14N2O5S/c21-13-6-8-14(9-7-13)28-18-10-5-12(11-17(18)22(26)27)19(23)15-3-1-2-4-16(15)20(24)25/h1-11H,21H2,(H,24,25). The molecule has 0 unspecified atom stereocenters. The number of nitrogens with zero attached hydrogens (tertiary/aromatic N) is 1. The van der Waals surface area contributed by atoms with Gasteiger partial charge in [-0.3, -0.25) is 14.9 Å². The molecule has 0 spiro atoms. The molecule has 0 fully saturated rings. The maximum absolute atomic E-state index is 12.7. The van der Waals surface area contributed by atoms with Crippen molar-refractivity contribution in [3.05, 3.63) is 93.5 Å². The van der Waals surface area contributed by atoms with E-state index in [1.807, 2.05) is 0 Å². The predicted molar refractivity (Wildman–Crippen MR) is 105 cm³/mol.